The fraction of sp³-hybridized carbons (Fsp3) is 0.214. The lowest BCUT2D eigenvalue weighted by Gasteiger charge is -2.14. The Labute approximate surface area is 127 Å². The number of anilines is 1. The molecule has 0 aliphatic heterocycles. The summed E-state index contributed by atoms with van der Waals surface area (Å²) in [6, 6.07) is 8.70. The van der Waals surface area contributed by atoms with Crippen LogP contribution in [0.3, 0.4) is 0 Å². The van der Waals surface area contributed by atoms with Gasteiger partial charge < -0.3 is 15.0 Å². The Hall–Kier alpha value is -1.65. The van der Waals surface area contributed by atoms with Crippen molar-refractivity contribution in [1.82, 2.24) is 4.98 Å². The number of H-pyrrole nitrogens is 1. The van der Waals surface area contributed by atoms with E-state index in [-0.39, 0.29) is 17.2 Å². The molecule has 0 bridgehead atoms. The van der Waals surface area contributed by atoms with Crippen molar-refractivity contribution in [3.05, 3.63) is 46.2 Å². The van der Waals surface area contributed by atoms with Crippen LogP contribution in [-0.2, 0) is 0 Å². The van der Waals surface area contributed by atoms with Crippen LogP contribution in [0.25, 0.3) is 0 Å². The molecule has 6 heteroatoms. The smallest absolute Gasteiger partial charge is 0.272 e. The van der Waals surface area contributed by atoms with E-state index in [0.29, 0.717) is 22.2 Å². The summed E-state index contributed by atoms with van der Waals surface area (Å²) < 4.78 is 5.63. The molecule has 0 aliphatic carbocycles. The van der Waals surface area contributed by atoms with E-state index < -0.39 is 0 Å². The lowest BCUT2D eigenvalue weighted by atomic mass is 10.2. The number of rotatable bonds is 4. The van der Waals surface area contributed by atoms with E-state index in [1.807, 2.05) is 26.0 Å². The molecule has 1 aromatic heterocycles. The van der Waals surface area contributed by atoms with E-state index >= 15 is 0 Å². The molecule has 0 fully saturated rings. The summed E-state index contributed by atoms with van der Waals surface area (Å²) in [7, 11) is 0. The Morgan fingerprint density at radius 3 is 2.60 bits per heavy atom. The summed E-state index contributed by atoms with van der Waals surface area (Å²) in [4.78, 5) is 14.8. The molecule has 20 heavy (non-hydrogen) atoms. The highest BCUT2D eigenvalue weighted by Gasteiger charge is 2.14. The normalized spacial score (nSPS) is 10.7. The standard InChI is InChI=1S/C14H14Cl2N2O2/c1-8(2)20-12-6-4-3-5-10(12)18-14(19)11-7-9(15)13(16)17-11/h3-8,17H,1-2H3,(H,18,19). The number of hydrogen-bond donors (Lipinski definition) is 2. The zero-order valence-electron chi connectivity index (χ0n) is 11.0. The molecule has 2 N–H and O–H groups in total. The minimum Gasteiger partial charge on any atom is -0.489 e. The first-order chi connectivity index (χ1) is 9.47. The van der Waals surface area contributed by atoms with Crippen LogP contribution < -0.4 is 10.1 Å². The largest absolute Gasteiger partial charge is 0.489 e. The van der Waals surface area contributed by atoms with Gasteiger partial charge in [0.05, 0.1) is 16.8 Å². The lowest BCUT2D eigenvalue weighted by Crippen LogP contribution is -2.14. The van der Waals surface area contributed by atoms with Gasteiger partial charge in [-0.2, -0.15) is 0 Å². The maximum Gasteiger partial charge on any atom is 0.272 e. The third kappa shape index (κ3) is 3.46. The van der Waals surface area contributed by atoms with Crippen molar-refractivity contribution in [2.24, 2.45) is 0 Å². The van der Waals surface area contributed by atoms with Crippen molar-refractivity contribution in [3.8, 4) is 5.75 Å². The van der Waals surface area contributed by atoms with Gasteiger partial charge in [-0.15, -0.1) is 0 Å². The highest BCUT2D eigenvalue weighted by atomic mass is 35.5. The fourth-order valence-corrected chi connectivity index (χ4v) is 1.96. The van der Waals surface area contributed by atoms with E-state index in [1.54, 1.807) is 12.1 Å². The van der Waals surface area contributed by atoms with Crippen LogP contribution in [0, 0.1) is 0 Å². The van der Waals surface area contributed by atoms with Gasteiger partial charge in [0.1, 0.15) is 16.6 Å². The van der Waals surface area contributed by atoms with Gasteiger partial charge >= 0.3 is 0 Å². The Morgan fingerprint density at radius 2 is 2.00 bits per heavy atom. The monoisotopic (exact) mass is 312 g/mol. The van der Waals surface area contributed by atoms with Crippen molar-refractivity contribution >= 4 is 34.8 Å². The molecule has 2 aromatic rings. The molecular formula is C14H14Cl2N2O2. The first-order valence-corrected chi connectivity index (χ1v) is 6.84. The van der Waals surface area contributed by atoms with E-state index in [0.717, 1.165) is 0 Å². The van der Waals surface area contributed by atoms with Gasteiger partial charge in [0.15, 0.2) is 0 Å². The molecule has 0 saturated heterocycles. The van der Waals surface area contributed by atoms with Gasteiger partial charge in [0.25, 0.3) is 5.91 Å². The maximum atomic E-state index is 12.1. The minimum atomic E-state index is -0.335. The molecule has 106 valence electrons. The van der Waals surface area contributed by atoms with Crippen molar-refractivity contribution in [1.29, 1.82) is 0 Å². The first kappa shape index (κ1) is 14.8. The molecule has 0 unspecified atom stereocenters. The van der Waals surface area contributed by atoms with E-state index in [4.69, 9.17) is 27.9 Å². The quantitative estimate of drug-likeness (QED) is 0.881. The number of nitrogens with one attached hydrogen (secondary N) is 2. The number of benzene rings is 1. The van der Waals surface area contributed by atoms with Crippen LogP contribution in [0.2, 0.25) is 10.2 Å². The first-order valence-electron chi connectivity index (χ1n) is 6.08. The van der Waals surface area contributed by atoms with Gasteiger partial charge in [-0.3, -0.25) is 4.79 Å². The Balaban J connectivity index is 2.19. The molecule has 4 nitrogen and oxygen atoms in total. The number of carbonyl (C=O) groups is 1. The van der Waals surface area contributed by atoms with Gasteiger partial charge in [0, 0.05) is 0 Å². The molecule has 1 aromatic carbocycles. The van der Waals surface area contributed by atoms with Crippen molar-refractivity contribution in [3.63, 3.8) is 0 Å². The average molecular weight is 313 g/mol. The number of hydrogen-bond acceptors (Lipinski definition) is 2. The number of para-hydroxylation sites is 2. The zero-order valence-corrected chi connectivity index (χ0v) is 12.5. The van der Waals surface area contributed by atoms with Crippen LogP contribution >= 0.6 is 23.2 Å². The van der Waals surface area contributed by atoms with Crippen LogP contribution in [0.4, 0.5) is 5.69 Å². The minimum absolute atomic E-state index is 0.0161. The van der Waals surface area contributed by atoms with E-state index in [9.17, 15) is 4.79 Å². The number of amides is 1. The average Bonchev–Trinajstić information content (AvgIpc) is 2.71. The molecular weight excluding hydrogens is 299 g/mol. The molecule has 0 atom stereocenters. The molecule has 0 aliphatic rings. The second kappa shape index (κ2) is 6.20. The summed E-state index contributed by atoms with van der Waals surface area (Å²) in [5.41, 5.74) is 0.882. The predicted octanol–water partition coefficient (Wildman–Crippen LogP) is 4.36. The summed E-state index contributed by atoms with van der Waals surface area (Å²) in [5.74, 6) is 0.276. The van der Waals surface area contributed by atoms with Crippen molar-refractivity contribution in [2.45, 2.75) is 20.0 Å². The third-order valence-electron chi connectivity index (χ3n) is 2.47. The molecule has 2 rings (SSSR count). The SMILES string of the molecule is CC(C)Oc1ccccc1NC(=O)c1cc(Cl)c(Cl)[nH]1. The third-order valence-corrected chi connectivity index (χ3v) is 3.16. The summed E-state index contributed by atoms with van der Waals surface area (Å²) >= 11 is 11.6. The van der Waals surface area contributed by atoms with Crippen LogP contribution in [0.15, 0.2) is 30.3 Å². The van der Waals surface area contributed by atoms with Crippen LogP contribution in [0.1, 0.15) is 24.3 Å². The predicted molar refractivity (Wildman–Crippen MR) is 81.0 cm³/mol. The second-order valence-electron chi connectivity index (χ2n) is 4.46. The highest BCUT2D eigenvalue weighted by molar-refractivity contribution is 6.41. The number of ether oxygens (including phenoxy) is 1. The van der Waals surface area contributed by atoms with Crippen molar-refractivity contribution < 1.29 is 9.53 Å². The molecule has 1 heterocycles. The van der Waals surface area contributed by atoms with E-state index in [2.05, 4.69) is 10.3 Å². The number of halogens is 2. The topological polar surface area (TPSA) is 54.1 Å². The Bertz CT molecular complexity index is 604. The van der Waals surface area contributed by atoms with Crippen molar-refractivity contribution in [2.75, 3.05) is 5.32 Å². The maximum absolute atomic E-state index is 12.1. The van der Waals surface area contributed by atoms with Gasteiger partial charge in [-0.05, 0) is 32.0 Å². The molecule has 0 saturated carbocycles. The van der Waals surface area contributed by atoms with Crippen LogP contribution in [0.5, 0.6) is 5.75 Å². The summed E-state index contributed by atoms with van der Waals surface area (Å²) in [6.45, 7) is 3.84. The number of carbonyl (C=O) groups excluding carboxylic acids is 1. The molecule has 1 amide bonds. The Morgan fingerprint density at radius 1 is 1.30 bits per heavy atom. The highest BCUT2D eigenvalue weighted by Crippen LogP contribution is 2.27. The zero-order chi connectivity index (χ0) is 14.7. The van der Waals surface area contributed by atoms with Crippen LogP contribution in [-0.4, -0.2) is 17.0 Å². The fourth-order valence-electron chi connectivity index (χ4n) is 1.64. The second-order valence-corrected chi connectivity index (χ2v) is 5.25. The summed E-state index contributed by atoms with van der Waals surface area (Å²) in [6.07, 6.45) is 0.0161. The lowest BCUT2D eigenvalue weighted by molar-refractivity contribution is 0.102. The number of aromatic nitrogens is 1. The van der Waals surface area contributed by atoms with Gasteiger partial charge in [-0.25, -0.2) is 0 Å². The number of aromatic amines is 1. The Kier molecular flexibility index (Phi) is 4.57. The van der Waals surface area contributed by atoms with Gasteiger partial charge in [-0.1, -0.05) is 35.3 Å². The molecule has 0 radical (unpaired) electrons. The molecule has 0 spiro atoms. The van der Waals surface area contributed by atoms with Gasteiger partial charge in [0.2, 0.25) is 0 Å². The summed E-state index contributed by atoms with van der Waals surface area (Å²) in [5, 5.41) is 3.31. The van der Waals surface area contributed by atoms with E-state index in [1.165, 1.54) is 6.07 Å².